The first-order valence-corrected chi connectivity index (χ1v) is 8.17. The van der Waals surface area contributed by atoms with E-state index in [4.69, 9.17) is 5.26 Å². The van der Waals surface area contributed by atoms with Crippen LogP contribution in [-0.2, 0) is 17.1 Å². The van der Waals surface area contributed by atoms with Gasteiger partial charge in [0.25, 0.3) is 0 Å². The van der Waals surface area contributed by atoms with Crippen molar-refractivity contribution >= 4 is 29.0 Å². The van der Waals surface area contributed by atoms with E-state index < -0.39 is 0 Å². The zero-order valence-corrected chi connectivity index (χ0v) is 12.5. The third-order valence-corrected chi connectivity index (χ3v) is 4.50. The van der Waals surface area contributed by atoms with Crippen LogP contribution in [0.3, 0.4) is 0 Å². The number of benzene rings is 1. The van der Waals surface area contributed by atoms with E-state index in [2.05, 4.69) is 11.4 Å². The SMILES string of the molecule is N#Cc1ccc(CSCC(=O)NCc2cccs2)cc1. The van der Waals surface area contributed by atoms with E-state index in [1.54, 1.807) is 35.2 Å². The van der Waals surface area contributed by atoms with Gasteiger partial charge in [0.05, 0.1) is 23.9 Å². The lowest BCUT2D eigenvalue weighted by Crippen LogP contribution is -2.24. The number of nitrogens with one attached hydrogen (secondary N) is 1. The number of hydrogen-bond acceptors (Lipinski definition) is 4. The number of amides is 1. The molecular formula is C15H14N2OS2. The van der Waals surface area contributed by atoms with Crippen molar-refractivity contribution in [1.82, 2.24) is 5.32 Å². The quantitative estimate of drug-likeness (QED) is 0.891. The normalized spacial score (nSPS) is 9.95. The second kappa shape index (κ2) is 7.73. The standard InChI is InChI=1S/C15H14N2OS2/c16-8-12-3-5-13(6-4-12)10-19-11-15(18)17-9-14-2-1-7-20-14/h1-7H,9-11H2,(H,17,18). The number of carbonyl (C=O) groups is 1. The molecule has 0 saturated carbocycles. The van der Waals surface area contributed by atoms with Crippen LogP contribution in [0.25, 0.3) is 0 Å². The predicted octanol–water partition coefficient (Wildman–Crippen LogP) is 3.17. The van der Waals surface area contributed by atoms with Crippen molar-refractivity contribution < 1.29 is 4.79 Å². The van der Waals surface area contributed by atoms with Crippen molar-refractivity contribution in [3.8, 4) is 6.07 Å². The third kappa shape index (κ3) is 4.72. The molecule has 1 aromatic carbocycles. The molecule has 2 rings (SSSR count). The number of thiophene rings is 1. The lowest BCUT2D eigenvalue weighted by atomic mass is 10.2. The van der Waals surface area contributed by atoms with E-state index in [0.717, 1.165) is 16.2 Å². The van der Waals surface area contributed by atoms with Crippen molar-refractivity contribution in [3.63, 3.8) is 0 Å². The summed E-state index contributed by atoms with van der Waals surface area (Å²) >= 11 is 3.21. The summed E-state index contributed by atoms with van der Waals surface area (Å²) in [5.74, 6) is 1.28. The summed E-state index contributed by atoms with van der Waals surface area (Å²) in [5.41, 5.74) is 1.78. The minimum atomic E-state index is 0.0528. The average molecular weight is 302 g/mol. The van der Waals surface area contributed by atoms with Crippen molar-refractivity contribution in [3.05, 3.63) is 57.8 Å². The van der Waals surface area contributed by atoms with E-state index >= 15 is 0 Å². The average Bonchev–Trinajstić information content (AvgIpc) is 2.99. The molecule has 0 aliphatic rings. The molecule has 0 radical (unpaired) electrons. The van der Waals surface area contributed by atoms with E-state index in [9.17, 15) is 4.79 Å². The molecule has 1 N–H and O–H groups in total. The first-order chi connectivity index (χ1) is 9.78. The topological polar surface area (TPSA) is 52.9 Å². The lowest BCUT2D eigenvalue weighted by Gasteiger charge is -2.04. The molecule has 0 bridgehead atoms. The van der Waals surface area contributed by atoms with E-state index in [1.807, 2.05) is 29.6 Å². The number of hydrogen-bond donors (Lipinski definition) is 1. The minimum absolute atomic E-state index is 0.0528. The molecule has 2 aromatic rings. The van der Waals surface area contributed by atoms with Crippen LogP contribution in [0, 0.1) is 11.3 Å². The summed E-state index contributed by atoms with van der Waals surface area (Å²) in [6.07, 6.45) is 0. The second-order valence-electron chi connectivity index (χ2n) is 4.16. The number of thioether (sulfide) groups is 1. The Bertz CT molecular complexity index is 585. The summed E-state index contributed by atoms with van der Waals surface area (Å²) in [7, 11) is 0. The van der Waals surface area contributed by atoms with Gasteiger partial charge in [-0.25, -0.2) is 0 Å². The van der Waals surface area contributed by atoms with Gasteiger partial charge in [-0.3, -0.25) is 4.79 Å². The lowest BCUT2D eigenvalue weighted by molar-refractivity contribution is -0.118. The summed E-state index contributed by atoms with van der Waals surface area (Å²) in [6, 6.07) is 13.5. The van der Waals surface area contributed by atoms with E-state index in [-0.39, 0.29) is 5.91 Å². The van der Waals surface area contributed by atoms with Gasteiger partial charge in [-0.15, -0.1) is 23.1 Å². The van der Waals surface area contributed by atoms with Gasteiger partial charge in [0, 0.05) is 10.6 Å². The Balaban J connectivity index is 1.67. The molecule has 0 aliphatic carbocycles. The second-order valence-corrected chi connectivity index (χ2v) is 6.18. The van der Waals surface area contributed by atoms with Gasteiger partial charge in [0.1, 0.15) is 0 Å². The Labute approximate surface area is 126 Å². The van der Waals surface area contributed by atoms with Crippen molar-refractivity contribution in [1.29, 1.82) is 5.26 Å². The van der Waals surface area contributed by atoms with Crippen LogP contribution >= 0.6 is 23.1 Å². The monoisotopic (exact) mass is 302 g/mol. The Morgan fingerprint density at radius 1 is 1.30 bits per heavy atom. The summed E-state index contributed by atoms with van der Waals surface area (Å²) in [6.45, 7) is 0.605. The highest BCUT2D eigenvalue weighted by atomic mass is 32.2. The Hall–Kier alpha value is -1.77. The maximum atomic E-state index is 11.7. The smallest absolute Gasteiger partial charge is 0.230 e. The molecule has 102 valence electrons. The fourth-order valence-electron chi connectivity index (χ4n) is 1.59. The van der Waals surface area contributed by atoms with Gasteiger partial charge in [-0.1, -0.05) is 18.2 Å². The van der Waals surface area contributed by atoms with Crippen molar-refractivity contribution in [2.75, 3.05) is 5.75 Å². The Morgan fingerprint density at radius 3 is 2.75 bits per heavy atom. The molecule has 1 aromatic heterocycles. The van der Waals surface area contributed by atoms with Gasteiger partial charge in [-0.05, 0) is 29.1 Å². The molecule has 0 fully saturated rings. The molecule has 0 unspecified atom stereocenters. The van der Waals surface area contributed by atoms with E-state index in [1.165, 1.54) is 0 Å². The Kier molecular flexibility index (Phi) is 5.66. The van der Waals surface area contributed by atoms with Gasteiger partial charge >= 0.3 is 0 Å². The van der Waals surface area contributed by atoms with Gasteiger partial charge in [0.2, 0.25) is 5.91 Å². The molecule has 5 heteroatoms. The maximum absolute atomic E-state index is 11.7. The zero-order chi connectivity index (χ0) is 14.2. The maximum Gasteiger partial charge on any atom is 0.230 e. The highest BCUT2D eigenvalue weighted by Crippen LogP contribution is 2.13. The molecule has 0 atom stereocenters. The van der Waals surface area contributed by atoms with Gasteiger partial charge in [-0.2, -0.15) is 5.26 Å². The first kappa shape index (κ1) is 14.6. The summed E-state index contributed by atoms with van der Waals surface area (Å²) in [5, 5.41) is 13.6. The first-order valence-electron chi connectivity index (χ1n) is 6.14. The van der Waals surface area contributed by atoms with Crippen LogP contribution in [0.5, 0.6) is 0 Å². The molecule has 0 saturated heterocycles. The molecule has 0 spiro atoms. The number of nitriles is 1. The molecule has 20 heavy (non-hydrogen) atoms. The number of carbonyl (C=O) groups excluding carboxylic acids is 1. The zero-order valence-electron chi connectivity index (χ0n) is 10.8. The number of nitrogens with zero attached hydrogens (tertiary/aromatic N) is 1. The number of rotatable bonds is 6. The molecule has 3 nitrogen and oxygen atoms in total. The predicted molar refractivity (Wildman–Crippen MR) is 83.5 cm³/mol. The molecular weight excluding hydrogens is 288 g/mol. The van der Waals surface area contributed by atoms with Crippen molar-refractivity contribution in [2.45, 2.75) is 12.3 Å². The van der Waals surface area contributed by atoms with Crippen LogP contribution in [0.4, 0.5) is 0 Å². The van der Waals surface area contributed by atoms with E-state index in [0.29, 0.717) is 17.9 Å². The molecule has 1 amide bonds. The largest absolute Gasteiger partial charge is 0.350 e. The third-order valence-electron chi connectivity index (χ3n) is 2.62. The fraction of sp³-hybridized carbons (Fsp3) is 0.200. The van der Waals surface area contributed by atoms with Crippen LogP contribution in [0.1, 0.15) is 16.0 Å². The summed E-state index contributed by atoms with van der Waals surface area (Å²) < 4.78 is 0. The Morgan fingerprint density at radius 2 is 2.10 bits per heavy atom. The van der Waals surface area contributed by atoms with Crippen molar-refractivity contribution in [2.24, 2.45) is 0 Å². The van der Waals surface area contributed by atoms with Gasteiger partial charge in [0.15, 0.2) is 0 Å². The van der Waals surface area contributed by atoms with Crippen LogP contribution in [0.2, 0.25) is 0 Å². The highest BCUT2D eigenvalue weighted by molar-refractivity contribution is 7.99. The molecule has 0 aliphatic heterocycles. The van der Waals surface area contributed by atoms with Crippen LogP contribution < -0.4 is 5.32 Å². The molecule has 1 heterocycles. The minimum Gasteiger partial charge on any atom is -0.350 e. The van der Waals surface area contributed by atoms with Crippen LogP contribution in [-0.4, -0.2) is 11.7 Å². The van der Waals surface area contributed by atoms with Gasteiger partial charge < -0.3 is 5.32 Å². The highest BCUT2D eigenvalue weighted by Gasteiger charge is 2.02. The summed E-state index contributed by atoms with van der Waals surface area (Å²) in [4.78, 5) is 12.8. The van der Waals surface area contributed by atoms with Crippen LogP contribution in [0.15, 0.2) is 41.8 Å². The fourth-order valence-corrected chi connectivity index (χ4v) is 3.05.